The van der Waals surface area contributed by atoms with E-state index in [9.17, 15) is 0 Å². The summed E-state index contributed by atoms with van der Waals surface area (Å²) in [6, 6.07) is 14.3. The van der Waals surface area contributed by atoms with Crippen molar-refractivity contribution in [1.82, 2.24) is 0 Å². The Hall–Kier alpha value is -1.81. The Balaban J connectivity index is 1.78. The zero-order valence-corrected chi connectivity index (χ0v) is 11.5. The van der Waals surface area contributed by atoms with Crippen LogP contribution in [0, 0.1) is 0 Å². The Morgan fingerprint density at radius 2 is 2.00 bits per heavy atom. The maximum atomic E-state index is 5.51. The molecule has 0 amide bonds. The van der Waals surface area contributed by atoms with Gasteiger partial charge >= 0.3 is 0 Å². The molecule has 4 heteroatoms. The number of rotatable bonds is 4. The van der Waals surface area contributed by atoms with Crippen molar-refractivity contribution in [3.05, 3.63) is 48.0 Å². The van der Waals surface area contributed by atoms with Crippen LogP contribution in [0.15, 0.2) is 47.4 Å². The molecule has 3 nitrogen and oxygen atoms in total. The van der Waals surface area contributed by atoms with Gasteiger partial charge in [0.05, 0.1) is 0 Å². The molecule has 0 radical (unpaired) electrons. The fourth-order valence-corrected chi connectivity index (χ4v) is 2.69. The summed E-state index contributed by atoms with van der Waals surface area (Å²) in [6.07, 6.45) is 2.08. The Morgan fingerprint density at radius 3 is 2.89 bits per heavy atom. The highest BCUT2D eigenvalue weighted by Gasteiger charge is 2.16. The molecule has 2 aromatic carbocycles. The summed E-state index contributed by atoms with van der Waals surface area (Å²) in [4.78, 5) is 1.24. The monoisotopic (exact) mass is 273 g/mol. The average Bonchev–Trinajstić information content (AvgIpc) is 2.94. The van der Waals surface area contributed by atoms with Crippen LogP contribution in [0.3, 0.4) is 0 Å². The molecule has 1 aliphatic heterocycles. The van der Waals surface area contributed by atoms with Crippen LogP contribution in [-0.4, -0.2) is 13.0 Å². The van der Waals surface area contributed by atoms with Crippen LogP contribution in [0.4, 0.5) is 5.69 Å². The van der Waals surface area contributed by atoms with Crippen molar-refractivity contribution in [3.63, 3.8) is 0 Å². The van der Waals surface area contributed by atoms with Crippen LogP contribution in [-0.2, 0) is 6.54 Å². The zero-order valence-electron chi connectivity index (χ0n) is 10.7. The topological polar surface area (TPSA) is 30.5 Å². The molecule has 0 bridgehead atoms. The molecule has 0 saturated carbocycles. The summed E-state index contributed by atoms with van der Waals surface area (Å²) in [7, 11) is 0. The quantitative estimate of drug-likeness (QED) is 0.859. The van der Waals surface area contributed by atoms with Crippen molar-refractivity contribution in [2.45, 2.75) is 11.4 Å². The van der Waals surface area contributed by atoms with Crippen LogP contribution in [0.5, 0.6) is 11.5 Å². The van der Waals surface area contributed by atoms with Crippen LogP contribution in [0.1, 0.15) is 5.56 Å². The first-order valence-corrected chi connectivity index (χ1v) is 7.35. The van der Waals surface area contributed by atoms with Gasteiger partial charge in [-0.15, -0.1) is 11.8 Å². The predicted molar refractivity (Wildman–Crippen MR) is 78.1 cm³/mol. The summed E-state index contributed by atoms with van der Waals surface area (Å²) in [5.41, 5.74) is 2.26. The Kier molecular flexibility index (Phi) is 3.51. The summed E-state index contributed by atoms with van der Waals surface area (Å²) in [5, 5.41) is 3.45. The van der Waals surface area contributed by atoms with E-state index in [-0.39, 0.29) is 0 Å². The molecule has 98 valence electrons. The maximum Gasteiger partial charge on any atom is 0.231 e. The number of nitrogens with one attached hydrogen (secondary N) is 1. The van der Waals surface area contributed by atoms with Gasteiger partial charge in [-0.3, -0.25) is 0 Å². The van der Waals surface area contributed by atoms with E-state index in [0.29, 0.717) is 6.79 Å². The standard InChI is InChI=1S/C15H15NO2S/c1-19-14-8-3-2-6-12(14)16-9-11-5-4-7-13-15(11)18-10-17-13/h2-8,16H,9-10H2,1H3. The van der Waals surface area contributed by atoms with Crippen molar-refractivity contribution < 1.29 is 9.47 Å². The molecule has 2 aromatic rings. The number of thioether (sulfide) groups is 1. The number of para-hydroxylation sites is 2. The summed E-state index contributed by atoms with van der Waals surface area (Å²) in [6.45, 7) is 1.04. The third-order valence-electron chi connectivity index (χ3n) is 3.05. The smallest absolute Gasteiger partial charge is 0.231 e. The van der Waals surface area contributed by atoms with Crippen molar-refractivity contribution in [2.24, 2.45) is 0 Å². The lowest BCUT2D eigenvalue weighted by Gasteiger charge is -2.11. The molecule has 0 atom stereocenters. The number of anilines is 1. The highest BCUT2D eigenvalue weighted by atomic mass is 32.2. The molecule has 1 N–H and O–H groups in total. The second kappa shape index (κ2) is 5.45. The van der Waals surface area contributed by atoms with Gasteiger partial charge in [0.1, 0.15) is 0 Å². The summed E-state index contributed by atoms with van der Waals surface area (Å²) >= 11 is 1.74. The Labute approximate surface area is 116 Å². The van der Waals surface area contributed by atoms with Gasteiger partial charge in [-0.05, 0) is 24.5 Å². The number of ether oxygens (including phenoxy) is 2. The van der Waals surface area contributed by atoms with E-state index in [1.807, 2.05) is 24.3 Å². The van der Waals surface area contributed by atoms with Crippen molar-refractivity contribution >= 4 is 17.4 Å². The summed E-state index contributed by atoms with van der Waals surface area (Å²) in [5.74, 6) is 1.69. The fraction of sp³-hybridized carbons (Fsp3) is 0.200. The maximum absolute atomic E-state index is 5.51. The number of hydrogen-bond donors (Lipinski definition) is 1. The largest absolute Gasteiger partial charge is 0.454 e. The average molecular weight is 273 g/mol. The van der Waals surface area contributed by atoms with Gasteiger partial charge in [-0.1, -0.05) is 24.3 Å². The van der Waals surface area contributed by atoms with Gasteiger partial charge < -0.3 is 14.8 Å². The third-order valence-corrected chi connectivity index (χ3v) is 3.85. The lowest BCUT2D eigenvalue weighted by atomic mass is 10.2. The van der Waals surface area contributed by atoms with Crippen molar-refractivity contribution in [1.29, 1.82) is 0 Å². The SMILES string of the molecule is CSc1ccccc1NCc1cccc2c1OCO2. The minimum atomic E-state index is 0.313. The molecule has 19 heavy (non-hydrogen) atoms. The van der Waals surface area contributed by atoms with Gasteiger partial charge in [0.25, 0.3) is 0 Å². The zero-order chi connectivity index (χ0) is 13.1. The fourth-order valence-electron chi connectivity index (χ4n) is 2.11. The Morgan fingerprint density at radius 1 is 1.11 bits per heavy atom. The van der Waals surface area contributed by atoms with E-state index in [2.05, 4.69) is 29.8 Å². The molecule has 3 rings (SSSR count). The van der Waals surface area contributed by atoms with Crippen LogP contribution >= 0.6 is 11.8 Å². The van der Waals surface area contributed by atoms with E-state index < -0.39 is 0 Å². The minimum Gasteiger partial charge on any atom is -0.454 e. The minimum absolute atomic E-state index is 0.313. The van der Waals surface area contributed by atoms with E-state index >= 15 is 0 Å². The van der Waals surface area contributed by atoms with Gasteiger partial charge in [0.15, 0.2) is 11.5 Å². The lowest BCUT2D eigenvalue weighted by Crippen LogP contribution is -2.02. The molecule has 0 spiro atoms. The molecule has 0 saturated heterocycles. The second-order valence-electron chi connectivity index (χ2n) is 4.20. The molecule has 0 unspecified atom stereocenters. The van der Waals surface area contributed by atoms with E-state index in [0.717, 1.165) is 29.3 Å². The molecule has 1 heterocycles. The second-order valence-corrected chi connectivity index (χ2v) is 5.05. The summed E-state index contributed by atoms with van der Waals surface area (Å²) < 4.78 is 10.9. The normalized spacial score (nSPS) is 12.5. The lowest BCUT2D eigenvalue weighted by molar-refractivity contribution is 0.173. The first-order chi connectivity index (χ1) is 9.38. The third kappa shape index (κ3) is 2.49. The van der Waals surface area contributed by atoms with Crippen LogP contribution in [0.2, 0.25) is 0 Å². The van der Waals surface area contributed by atoms with Gasteiger partial charge in [-0.2, -0.15) is 0 Å². The van der Waals surface area contributed by atoms with Gasteiger partial charge in [0, 0.05) is 22.7 Å². The highest BCUT2D eigenvalue weighted by Crippen LogP contribution is 2.36. The predicted octanol–water partition coefficient (Wildman–Crippen LogP) is 3.75. The molecule has 1 aliphatic rings. The van der Waals surface area contributed by atoms with E-state index in [1.165, 1.54) is 4.90 Å². The number of benzene rings is 2. The molecular formula is C15H15NO2S. The number of fused-ring (bicyclic) bond motifs is 1. The van der Waals surface area contributed by atoms with Crippen LogP contribution < -0.4 is 14.8 Å². The van der Waals surface area contributed by atoms with Crippen LogP contribution in [0.25, 0.3) is 0 Å². The molecule has 0 aromatic heterocycles. The first kappa shape index (κ1) is 12.2. The highest BCUT2D eigenvalue weighted by molar-refractivity contribution is 7.98. The van der Waals surface area contributed by atoms with E-state index in [4.69, 9.17) is 9.47 Å². The number of hydrogen-bond acceptors (Lipinski definition) is 4. The van der Waals surface area contributed by atoms with Crippen molar-refractivity contribution in [3.8, 4) is 11.5 Å². The molecule has 0 fully saturated rings. The molecular weight excluding hydrogens is 258 g/mol. The van der Waals surface area contributed by atoms with Gasteiger partial charge in [-0.25, -0.2) is 0 Å². The van der Waals surface area contributed by atoms with E-state index in [1.54, 1.807) is 11.8 Å². The first-order valence-electron chi connectivity index (χ1n) is 6.13. The van der Waals surface area contributed by atoms with Crippen molar-refractivity contribution in [2.75, 3.05) is 18.4 Å². The molecule has 0 aliphatic carbocycles. The Bertz CT molecular complexity index is 586. The van der Waals surface area contributed by atoms with Gasteiger partial charge in [0.2, 0.25) is 6.79 Å².